The fraction of sp³-hybridized carbons (Fsp3) is 0.125. The molecule has 1 unspecified atom stereocenters. The summed E-state index contributed by atoms with van der Waals surface area (Å²) in [5.41, 5.74) is 8.23. The lowest BCUT2D eigenvalue weighted by atomic mass is 10.1. The van der Waals surface area contributed by atoms with Gasteiger partial charge in [0.2, 0.25) is 6.10 Å². The van der Waals surface area contributed by atoms with Gasteiger partial charge in [-0.15, -0.1) is 0 Å². The number of hydrogen-bond donors (Lipinski definition) is 3. The van der Waals surface area contributed by atoms with E-state index in [1.165, 1.54) is 0 Å². The Morgan fingerprint density at radius 2 is 1.73 bits per heavy atom. The van der Waals surface area contributed by atoms with Gasteiger partial charge in [0.1, 0.15) is 6.61 Å². The first-order valence-corrected chi connectivity index (χ1v) is 11.3. The van der Waals surface area contributed by atoms with E-state index in [9.17, 15) is 9.59 Å². The second-order valence-corrected chi connectivity index (χ2v) is 8.32. The Balaban J connectivity index is 1.12. The number of hydrogen-bond acceptors (Lipinski definition) is 6. The van der Waals surface area contributed by atoms with Gasteiger partial charge in [-0.05, 0) is 42.0 Å². The van der Waals surface area contributed by atoms with Gasteiger partial charge in [-0.25, -0.2) is 4.98 Å². The first-order chi connectivity index (χ1) is 16.2. The number of carbonyl (C=O) groups excluding carboxylic acids is 2. The maximum Gasteiger partial charge on any atom is 0.283 e. The van der Waals surface area contributed by atoms with Crippen LogP contribution in [0.25, 0.3) is 11.0 Å². The maximum atomic E-state index is 12.4. The minimum Gasteiger partial charge on any atom is -0.485 e. The number of amides is 2. The van der Waals surface area contributed by atoms with Crippen LogP contribution in [0.2, 0.25) is 0 Å². The van der Waals surface area contributed by atoms with Gasteiger partial charge in [0.15, 0.2) is 16.7 Å². The van der Waals surface area contributed by atoms with Crippen LogP contribution >= 0.6 is 11.8 Å². The monoisotopic (exact) mass is 460 g/mol. The lowest BCUT2D eigenvalue weighted by Crippen LogP contribution is -2.50. The van der Waals surface area contributed by atoms with Crippen molar-refractivity contribution in [3.05, 3.63) is 83.9 Å². The molecule has 9 heteroatoms. The van der Waals surface area contributed by atoms with Crippen molar-refractivity contribution in [3.63, 3.8) is 0 Å². The highest BCUT2D eigenvalue weighted by Crippen LogP contribution is 2.30. The van der Waals surface area contributed by atoms with Gasteiger partial charge in [-0.1, -0.05) is 48.2 Å². The predicted octanol–water partition coefficient (Wildman–Crippen LogP) is 3.46. The highest BCUT2D eigenvalue weighted by atomic mass is 32.2. The molecule has 33 heavy (non-hydrogen) atoms. The quantitative estimate of drug-likeness (QED) is 0.311. The molecule has 3 N–H and O–H groups in total. The Hall–Kier alpha value is -3.98. The third-order valence-electron chi connectivity index (χ3n) is 5.06. The van der Waals surface area contributed by atoms with Crippen molar-refractivity contribution in [1.29, 1.82) is 0 Å². The lowest BCUT2D eigenvalue weighted by Gasteiger charge is -2.25. The van der Waals surface area contributed by atoms with E-state index in [-0.39, 0.29) is 6.61 Å². The molecule has 0 radical (unpaired) electrons. The number of H-pyrrole nitrogens is 1. The average Bonchev–Trinajstić information content (AvgIpc) is 3.29. The molecule has 1 aliphatic rings. The molecule has 0 bridgehead atoms. The molecule has 1 atom stereocenters. The molecular formula is C24H20N4O4S. The Labute approximate surface area is 193 Å². The molecular weight excluding hydrogens is 440 g/mol. The zero-order valence-corrected chi connectivity index (χ0v) is 18.2. The molecule has 4 aromatic rings. The van der Waals surface area contributed by atoms with Crippen LogP contribution in [0.1, 0.15) is 15.9 Å². The van der Waals surface area contributed by atoms with Crippen molar-refractivity contribution in [2.24, 2.45) is 0 Å². The SMILES string of the molecule is O=C(NNC(=O)C1COc2ccccc2O1)c1ccc(CSc2nc3ccccc3[nH]2)cc1. The summed E-state index contributed by atoms with van der Waals surface area (Å²) in [6.07, 6.45) is -0.849. The Bertz CT molecular complexity index is 1270. The molecule has 8 nitrogen and oxygen atoms in total. The zero-order valence-electron chi connectivity index (χ0n) is 17.4. The van der Waals surface area contributed by atoms with Crippen molar-refractivity contribution < 1.29 is 19.1 Å². The van der Waals surface area contributed by atoms with E-state index in [4.69, 9.17) is 9.47 Å². The number of ether oxygens (including phenoxy) is 2. The Morgan fingerprint density at radius 1 is 0.970 bits per heavy atom. The highest BCUT2D eigenvalue weighted by Gasteiger charge is 2.27. The smallest absolute Gasteiger partial charge is 0.283 e. The summed E-state index contributed by atoms with van der Waals surface area (Å²) in [4.78, 5) is 32.6. The summed E-state index contributed by atoms with van der Waals surface area (Å²) in [5.74, 6) is 0.878. The van der Waals surface area contributed by atoms with E-state index in [0.717, 1.165) is 21.8 Å². The molecule has 166 valence electrons. The van der Waals surface area contributed by atoms with Gasteiger partial charge in [-0.2, -0.15) is 0 Å². The van der Waals surface area contributed by atoms with Crippen LogP contribution in [-0.2, 0) is 10.5 Å². The van der Waals surface area contributed by atoms with Gasteiger partial charge in [0, 0.05) is 11.3 Å². The van der Waals surface area contributed by atoms with Gasteiger partial charge in [0.05, 0.1) is 11.0 Å². The molecule has 0 aliphatic carbocycles. The number of rotatable bonds is 5. The van der Waals surface area contributed by atoms with E-state index in [2.05, 4.69) is 20.8 Å². The van der Waals surface area contributed by atoms with Gasteiger partial charge < -0.3 is 14.5 Å². The van der Waals surface area contributed by atoms with Crippen molar-refractivity contribution in [2.45, 2.75) is 17.0 Å². The molecule has 1 aromatic heterocycles. The Kier molecular flexibility index (Phi) is 5.86. The van der Waals surface area contributed by atoms with Crippen LogP contribution in [0.3, 0.4) is 0 Å². The van der Waals surface area contributed by atoms with Crippen LogP contribution in [0, 0.1) is 0 Å². The van der Waals surface area contributed by atoms with Crippen LogP contribution in [0.15, 0.2) is 78.0 Å². The lowest BCUT2D eigenvalue weighted by molar-refractivity contribution is -0.131. The summed E-state index contributed by atoms with van der Waals surface area (Å²) in [7, 11) is 0. The maximum absolute atomic E-state index is 12.4. The normalized spacial score (nSPS) is 14.6. The molecule has 1 aliphatic heterocycles. The molecule has 3 aromatic carbocycles. The minimum absolute atomic E-state index is 0.0658. The third-order valence-corrected chi connectivity index (χ3v) is 6.00. The van der Waals surface area contributed by atoms with E-state index in [1.54, 1.807) is 42.1 Å². The van der Waals surface area contributed by atoms with Gasteiger partial charge in [0.25, 0.3) is 11.8 Å². The summed E-state index contributed by atoms with van der Waals surface area (Å²) in [5, 5.41) is 0.845. The summed E-state index contributed by atoms with van der Waals surface area (Å²) >= 11 is 1.59. The average molecular weight is 461 g/mol. The van der Waals surface area contributed by atoms with Gasteiger partial charge >= 0.3 is 0 Å². The van der Waals surface area contributed by atoms with E-state index in [1.807, 2.05) is 42.5 Å². The van der Waals surface area contributed by atoms with Crippen molar-refractivity contribution >= 4 is 34.6 Å². The second kappa shape index (κ2) is 9.25. The van der Waals surface area contributed by atoms with Crippen LogP contribution in [0.4, 0.5) is 0 Å². The van der Waals surface area contributed by atoms with Crippen molar-refractivity contribution in [2.75, 3.05) is 6.61 Å². The number of para-hydroxylation sites is 4. The fourth-order valence-electron chi connectivity index (χ4n) is 3.32. The summed E-state index contributed by atoms with van der Waals surface area (Å²) < 4.78 is 11.2. The number of aromatic amines is 1. The predicted molar refractivity (Wildman–Crippen MR) is 124 cm³/mol. The topological polar surface area (TPSA) is 105 Å². The number of aromatic nitrogens is 2. The number of benzene rings is 3. The molecule has 0 fully saturated rings. The molecule has 2 heterocycles. The number of carbonyl (C=O) groups is 2. The summed E-state index contributed by atoms with van der Waals surface area (Å²) in [6.45, 7) is 0.0658. The van der Waals surface area contributed by atoms with E-state index >= 15 is 0 Å². The number of thioether (sulfide) groups is 1. The first-order valence-electron chi connectivity index (χ1n) is 10.3. The third kappa shape index (κ3) is 4.78. The second-order valence-electron chi connectivity index (χ2n) is 7.35. The molecule has 0 saturated heterocycles. The number of nitrogens with zero attached hydrogens (tertiary/aromatic N) is 1. The zero-order chi connectivity index (χ0) is 22.6. The van der Waals surface area contributed by atoms with Crippen molar-refractivity contribution in [1.82, 2.24) is 20.8 Å². The highest BCUT2D eigenvalue weighted by molar-refractivity contribution is 7.98. The largest absolute Gasteiger partial charge is 0.485 e. The van der Waals surface area contributed by atoms with E-state index in [0.29, 0.717) is 22.8 Å². The fourth-order valence-corrected chi connectivity index (χ4v) is 4.16. The standard InChI is InChI=1S/C24H20N4O4S/c29-22(27-28-23(30)21-13-31-19-7-3-4-8-20(19)32-21)16-11-9-15(10-12-16)14-33-24-25-17-5-1-2-6-18(17)26-24/h1-12,21H,13-14H2,(H,25,26)(H,27,29)(H,28,30). The Morgan fingerprint density at radius 3 is 2.55 bits per heavy atom. The molecule has 2 amide bonds. The number of imidazole rings is 1. The summed E-state index contributed by atoms with van der Waals surface area (Å²) in [6, 6.07) is 22.2. The van der Waals surface area contributed by atoms with E-state index < -0.39 is 17.9 Å². The minimum atomic E-state index is -0.849. The number of nitrogens with one attached hydrogen (secondary N) is 3. The molecule has 0 saturated carbocycles. The van der Waals surface area contributed by atoms with Crippen molar-refractivity contribution in [3.8, 4) is 11.5 Å². The van der Waals surface area contributed by atoms with Crippen LogP contribution in [0.5, 0.6) is 11.5 Å². The number of hydrazine groups is 1. The van der Waals surface area contributed by atoms with Crippen LogP contribution < -0.4 is 20.3 Å². The molecule has 5 rings (SSSR count). The van der Waals surface area contributed by atoms with Crippen LogP contribution in [-0.4, -0.2) is 34.5 Å². The first kappa shape index (κ1) is 20.9. The van der Waals surface area contributed by atoms with Gasteiger partial charge in [-0.3, -0.25) is 20.4 Å². The molecule has 0 spiro atoms. The number of fused-ring (bicyclic) bond motifs is 2.